The maximum absolute atomic E-state index is 13.0. The van der Waals surface area contributed by atoms with Gasteiger partial charge in [0.1, 0.15) is 0 Å². The molecule has 1 aromatic heterocycles. The van der Waals surface area contributed by atoms with E-state index in [0.717, 1.165) is 50.1 Å². The van der Waals surface area contributed by atoms with Crippen LogP contribution in [0.15, 0.2) is 24.3 Å². The molecule has 1 aliphatic rings. The molecule has 170 valence electrons. The van der Waals surface area contributed by atoms with E-state index in [-0.39, 0.29) is 11.5 Å². The number of carbonyl (C=O) groups is 1. The molecule has 2 N–H and O–H groups in total. The standard InChI is InChI=1S/C24H32F3N3O/c1-14(2)21-12-22(15(3)4)30(29-21)13-16-5-7-17(8-6-16)19-10-9-18(24(25,26)27)11-20(19)23(28)31/h9-12,14-17H,5-8,13H2,1-4H3,(H2,28,31)/t16-,17-. The van der Waals surface area contributed by atoms with E-state index in [1.54, 1.807) is 0 Å². The second-order valence-corrected chi connectivity index (χ2v) is 9.37. The third-order valence-corrected chi connectivity index (χ3v) is 6.38. The number of alkyl halides is 3. The average Bonchev–Trinajstić information content (AvgIpc) is 3.12. The third-order valence-electron chi connectivity index (χ3n) is 6.38. The SMILES string of the molecule is CC(C)c1cc(C(C)C)n(C[C@H]2CC[C@H](c3ccc(C(F)(F)F)cc3C(N)=O)CC2)n1. The Bertz CT molecular complexity index is 923. The zero-order valence-corrected chi connectivity index (χ0v) is 18.7. The first-order valence-corrected chi connectivity index (χ1v) is 11.1. The second-order valence-electron chi connectivity index (χ2n) is 9.37. The Morgan fingerprint density at radius 2 is 1.74 bits per heavy atom. The van der Waals surface area contributed by atoms with Crippen LogP contribution in [0, 0.1) is 5.92 Å². The van der Waals surface area contributed by atoms with Crippen LogP contribution in [0.5, 0.6) is 0 Å². The molecule has 0 radical (unpaired) electrons. The molecule has 1 heterocycles. The van der Waals surface area contributed by atoms with Crippen molar-refractivity contribution in [1.82, 2.24) is 9.78 Å². The number of primary amides is 1. The van der Waals surface area contributed by atoms with Gasteiger partial charge in [-0.3, -0.25) is 9.48 Å². The van der Waals surface area contributed by atoms with Gasteiger partial charge < -0.3 is 5.73 Å². The van der Waals surface area contributed by atoms with E-state index in [1.165, 1.54) is 11.8 Å². The number of nitrogens with two attached hydrogens (primary N) is 1. The quantitative estimate of drug-likeness (QED) is 0.585. The second kappa shape index (κ2) is 9.05. The van der Waals surface area contributed by atoms with Crippen LogP contribution >= 0.6 is 0 Å². The van der Waals surface area contributed by atoms with E-state index in [9.17, 15) is 18.0 Å². The van der Waals surface area contributed by atoms with Gasteiger partial charge in [-0.25, -0.2) is 0 Å². The van der Waals surface area contributed by atoms with E-state index in [1.807, 2.05) is 0 Å². The molecule has 0 aliphatic heterocycles. The highest BCUT2D eigenvalue weighted by Gasteiger charge is 2.33. The number of hydrogen-bond acceptors (Lipinski definition) is 2. The number of carbonyl (C=O) groups excluding carboxylic acids is 1. The Morgan fingerprint density at radius 1 is 1.10 bits per heavy atom. The summed E-state index contributed by atoms with van der Waals surface area (Å²) in [5, 5.41) is 4.82. The molecule has 0 saturated heterocycles. The lowest BCUT2D eigenvalue weighted by atomic mass is 9.77. The van der Waals surface area contributed by atoms with Crippen LogP contribution in [-0.2, 0) is 12.7 Å². The first-order valence-electron chi connectivity index (χ1n) is 11.1. The van der Waals surface area contributed by atoms with Crippen molar-refractivity contribution in [3.63, 3.8) is 0 Å². The number of hydrogen-bond donors (Lipinski definition) is 1. The number of benzene rings is 1. The topological polar surface area (TPSA) is 60.9 Å². The zero-order valence-electron chi connectivity index (χ0n) is 18.7. The fraction of sp³-hybridized carbons (Fsp3) is 0.583. The Labute approximate surface area is 182 Å². The molecule has 4 nitrogen and oxygen atoms in total. The van der Waals surface area contributed by atoms with E-state index in [4.69, 9.17) is 10.8 Å². The summed E-state index contributed by atoms with van der Waals surface area (Å²) in [5.74, 6) is 0.472. The van der Waals surface area contributed by atoms with Crippen LogP contribution in [-0.4, -0.2) is 15.7 Å². The molecule has 1 saturated carbocycles. The van der Waals surface area contributed by atoms with E-state index >= 15 is 0 Å². The first kappa shape index (κ1) is 23.4. The summed E-state index contributed by atoms with van der Waals surface area (Å²) < 4.78 is 41.3. The molecular weight excluding hydrogens is 403 g/mol. The smallest absolute Gasteiger partial charge is 0.366 e. The lowest BCUT2D eigenvalue weighted by molar-refractivity contribution is -0.137. The van der Waals surface area contributed by atoms with Gasteiger partial charge in [0.2, 0.25) is 5.91 Å². The van der Waals surface area contributed by atoms with Gasteiger partial charge in [0.05, 0.1) is 11.3 Å². The molecular formula is C24H32F3N3O. The van der Waals surface area contributed by atoms with Crippen molar-refractivity contribution >= 4 is 5.91 Å². The summed E-state index contributed by atoms with van der Waals surface area (Å²) in [5.41, 5.74) is 7.56. The fourth-order valence-corrected chi connectivity index (χ4v) is 4.55. The van der Waals surface area contributed by atoms with Crippen LogP contribution in [0.2, 0.25) is 0 Å². The summed E-state index contributed by atoms with van der Waals surface area (Å²) in [4.78, 5) is 11.9. The lowest BCUT2D eigenvalue weighted by Crippen LogP contribution is -2.23. The Kier molecular flexibility index (Phi) is 6.82. The molecule has 0 atom stereocenters. The molecule has 1 aliphatic carbocycles. The molecule has 2 aromatic rings. The van der Waals surface area contributed by atoms with Crippen molar-refractivity contribution in [2.24, 2.45) is 11.7 Å². The van der Waals surface area contributed by atoms with E-state index in [2.05, 4.69) is 38.4 Å². The zero-order chi connectivity index (χ0) is 22.9. The van der Waals surface area contributed by atoms with Crippen LogP contribution in [0.3, 0.4) is 0 Å². The largest absolute Gasteiger partial charge is 0.416 e. The summed E-state index contributed by atoms with van der Waals surface area (Å²) in [6.07, 6.45) is -0.957. The van der Waals surface area contributed by atoms with Gasteiger partial charge in [0, 0.05) is 17.8 Å². The molecule has 31 heavy (non-hydrogen) atoms. The number of halogens is 3. The molecule has 7 heteroatoms. The van der Waals surface area contributed by atoms with Gasteiger partial charge in [-0.15, -0.1) is 0 Å². The van der Waals surface area contributed by atoms with Crippen molar-refractivity contribution in [2.45, 2.75) is 83.9 Å². The third kappa shape index (κ3) is 5.31. The Balaban J connectivity index is 1.73. The summed E-state index contributed by atoms with van der Waals surface area (Å²) in [6.45, 7) is 9.47. The molecule has 0 spiro atoms. The number of rotatable bonds is 6. The molecule has 0 bridgehead atoms. The van der Waals surface area contributed by atoms with Crippen LogP contribution in [0.25, 0.3) is 0 Å². The number of amides is 1. The van der Waals surface area contributed by atoms with E-state index < -0.39 is 17.6 Å². The van der Waals surface area contributed by atoms with Crippen LogP contribution in [0.1, 0.15) is 104 Å². The van der Waals surface area contributed by atoms with Gasteiger partial charge in [0.15, 0.2) is 0 Å². The lowest BCUT2D eigenvalue weighted by Gasteiger charge is -2.30. The highest BCUT2D eigenvalue weighted by molar-refractivity contribution is 5.94. The minimum absolute atomic E-state index is 0.00554. The highest BCUT2D eigenvalue weighted by Crippen LogP contribution is 2.40. The molecule has 3 rings (SSSR count). The van der Waals surface area contributed by atoms with Gasteiger partial charge in [-0.05, 0) is 73.1 Å². The number of nitrogens with zero attached hydrogens (tertiary/aromatic N) is 2. The van der Waals surface area contributed by atoms with Crippen LogP contribution < -0.4 is 5.73 Å². The van der Waals surface area contributed by atoms with Crippen molar-refractivity contribution in [1.29, 1.82) is 0 Å². The molecule has 0 unspecified atom stereocenters. The summed E-state index contributed by atoms with van der Waals surface area (Å²) >= 11 is 0. The molecule has 1 amide bonds. The van der Waals surface area contributed by atoms with Crippen LogP contribution in [0.4, 0.5) is 13.2 Å². The van der Waals surface area contributed by atoms with Gasteiger partial charge in [0.25, 0.3) is 0 Å². The van der Waals surface area contributed by atoms with Crippen molar-refractivity contribution in [3.05, 3.63) is 52.3 Å². The Hall–Kier alpha value is -2.31. The maximum Gasteiger partial charge on any atom is 0.416 e. The van der Waals surface area contributed by atoms with Gasteiger partial charge in [-0.2, -0.15) is 18.3 Å². The van der Waals surface area contributed by atoms with Crippen molar-refractivity contribution < 1.29 is 18.0 Å². The van der Waals surface area contributed by atoms with Gasteiger partial charge >= 0.3 is 6.18 Å². The molecule has 1 fully saturated rings. The minimum Gasteiger partial charge on any atom is -0.366 e. The number of aromatic nitrogens is 2. The minimum atomic E-state index is -4.49. The highest BCUT2D eigenvalue weighted by atomic mass is 19.4. The summed E-state index contributed by atoms with van der Waals surface area (Å²) in [7, 11) is 0. The average molecular weight is 436 g/mol. The first-order chi connectivity index (χ1) is 14.5. The summed E-state index contributed by atoms with van der Waals surface area (Å²) in [6, 6.07) is 5.59. The molecule has 1 aromatic carbocycles. The van der Waals surface area contributed by atoms with Crippen molar-refractivity contribution in [3.8, 4) is 0 Å². The van der Waals surface area contributed by atoms with Crippen molar-refractivity contribution in [2.75, 3.05) is 0 Å². The predicted octanol–water partition coefficient (Wildman–Crippen LogP) is 6.22. The normalized spacial score (nSPS) is 19.9. The monoisotopic (exact) mass is 435 g/mol. The van der Waals surface area contributed by atoms with E-state index in [0.29, 0.717) is 23.3 Å². The fourth-order valence-electron chi connectivity index (χ4n) is 4.55. The Morgan fingerprint density at radius 3 is 2.26 bits per heavy atom. The maximum atomic E-state index is 13.0. The predicted molar refractivity (Wildman–Crippen MR) is 115 cm³/mol. The van der Waals surface area contributed by atoms with Gasteiger partial charge in [-0.1, -0.05) is 33.8 Å².